The molecule has 2 aromatic carbocycles. The lowest BCUT2D eigenvalue weighted by molar-refractivity contribution is -0.138. The Morgan fingerprint density at radius 1 is 1.16 bits per heavy atom. The van der Waals surface area contributed by atoms with E-state index >= 15 is 0 Å². The van der Waals surface area contributed by atoms with E-state index in [0.717, 1.165) is 22.3 Å². The standard InChI is InChI=1S/C24H29FNO5P/c1-16(2)24-20-6-3-4-7-21(20)26(18-11-9-17(25)10-12-18)22(24)8-5-13-31-32(30)15-19(27)14-23(28)29/h3-4,6-7,9-12,16,19,27,32H,5,8,13-15H2,1-2H3,(H,28,29). The number of aliphatic hydroxyl groups is 1. The first-order valence-corrected chi connectivity index (χ1v) is 12.2. The van der Waals surface area contributed by atoms with Crippen LogP contribution >= 0.6 is 8.03 Å². The maximum absolute atomic E-state index is 13.5. The Hall–Kier alpha value is -2.47. The lowest BCUT2D eigenvalue weighted by Crippen LogP contribution is -2.15. The van der Waals surface area contributed by atoms with E-state index in [4.69, 9.17) is 9.63 Å². The van der Waals surface area contributed by atoms with Gasteiger partial charge in [0.25, 0.3) is 0 Å². The number of fused-ring (bicyclic) bond motifs is 1. The van der Waals surface area contributed by atoms with Crippen molar-refractivity contribution < 1.29 is 28.5 Å². The van der Waals surface area contributed by atoms with Gasteiger partial charge in [0.05, 0.1) is 24.6 Å². The first-order valence-electron chi connectivity index (χ1n) is 10.7. The van der Waals surface area contributed by atoms with E-state index in [2.05, 4.69) is 24.5 Å². The fourth-order valence-electron chi connectivity index (χ4n) is 4.04. The highest BCUT2D eigenvalue weighted by Crippen LogP contribution is 2.35. The highest BCUT2D eigenvalue weighted by molar-refractivity contribution is 7.39. The largest absolute Gasteiger partial charge is 0.481 e. The fraction of sp³-hybridized carbons (Fsp3) is 0.375. The van der Waals surface area contributed by atoms with Crippen LogP contribution in [0.5, 0.6) is 0 Å². The van der Waals surface area contributed by atoms with E-state index < -0.39 is 26.5 Å². The number of carboxylic acids is 1. The second kappa shape index (κ2) is 10.9. The van der Waals surface area contributed by atoms with Crippen molar-refractivity contribution in [2.24, 2.45) is 0 Å². The molecule has 0 aliphatic carbocycles. The van der Waals surface area contributed by atoms with Crippen molar-refractivity contribution in [1.29, 1.82) is 0 Å². The summed E-state index contributed by atoms with van der Waals surface area (Å²) in [5.74, 6) is -1.16. The quantitative estimate of drug-likeness (QED) is 0.304. The molecule has 0 spiro atoms. The van der Waals surface area contributed by atoms with E-state index in [1.165, 1.54) is 17.7 Å². The van der Waals surface area contributed by atoms with E-state index in [1.807, 2.05) is 18.2 Å². The van der Waals surface area contributed by atoms with Crippen molar-refractivity contribution in [3.63, 3.8) is 0 Å². The van der Waals surface area contributed by atoms with Crippen molar-refractivity contribution in [2.45, 2.75) is 45.1 Å². The van der Waals surface area contributed by atoms with Gasteiger partial charge in [-0.3, -0.25) is 9.36 Å². The molecule has 172 valence electrons. The van der Waals surface area contributed by atoms with Crippen LogP contribution < -0.4 is 0 Å². The lowest BCUT2D eigenvalue weighted by atomic mass is 9.97. The van der Waals surface area contributed by atoms with Gasteiger partial charge in [-0.25, -0.2) is 4.39 Å². The average Bonchev–Trinajstić information content (AvgIpc) is 3.05. The van der Waals surface area contributed by atoms with Crippen LogP contribution in [-0.4, -0.2) is 39.6 Å². The summed E-state index contributed by atoms with van der Waals surface area (Å²) in [7, 11) is -2.52. The zero-order valence-electron chi connectivity index (χ0n) is 18.3. The molecule has 0 aliphatic rings. The second-order valence-corrected chi connectivity index (χ2v) is 9.56. The Morgan fingerprint density at radius 3 is 2.50 bits per heavy atom. The van der Waals surface area contributed by atoms with Crippen molar-refractivity contribution in [2.75, 3.05) is 12.8 Å². The molecule has 2 unspecified atom stereocenters. The van der Waals surface area contributed by atoms with Crippen LogP contribution in [0.25, 0.3) is 16.6 Å². The van der Waals surface area contributed by atoms with Crippen LogP contribution in [0.15, 0.2) is 48.5 Å². The van der Waals surface area contributed by atoms with Crippen LogP contribution in [0.1, 0.15) is 43.9 Å². The molecule has 3 rings (SSSR count). The van der Waals surface area contributed by atoms with Crippen molar-refractivity contribution in [3.05, 3.63) is 65.6 Å². The van der Waals surface area contributed by atoms with Gasteiger partial charge in [0, 0.05) is 22.9 Å². The molecule has 32 heavy (non-hydrogen) atoms. The minimum Gasteiger partial charge on any atom is -0.481 e. The maximum atomic E-state index is 13.5. The number of hydrogen-bond donors (Lipinski definition) is 2. The number of aliphatic hydroxyl groups excluding tert-OH is 1. The molecule has 3 aromatic rings. The highest BCUT2D eigenvalue weighted by atomic mass is 31.1. The molecular weight excluding hydrogens is 432 g/mol. The summed E-state index contributed by atoms with van der Waals surface area (Å²) >= 11 is 0. The summed E-state index contributed by atoms with van der Waals surface area (Å²) in [6, 6.07) is 14.5. The third-order valence-electron chi connectivity index (χ3n) is 5.31. The van der Waals surface area contributed by atoms with Gasteiger partial charge in [-0.1, -0.05) is 32.0 Å². The fourth-order valence-corrected chi connectivity index (χ4v) is 5.06. The lowest BCUT2D eigenvalue weighted by Gasteiger charge is -2.15. The number of hydrogen-bond acceptors (Lipinski definition) is 4. The van der Waals surface area contributed by atoms with Crippen LogP contribution in [0.4, 0.5) is 4.39 Å². The van der Waals surface area contributed by atoms with Gasteiger partial charge >= 0.3 is 5.97 Å². The van der Waals surface area contributed by atoms with Crippen LogP contribution in [0, 0.1) is 5.82 Å². The topological polar surface area (TPSA) is 88.8 Å². The third-order valence-corrected chi connectivity index (χ3v) is 6.64. The molecule has 0 amide bonds. The molecule has 0 bridgehead atoms. The molecule has 6 nitrogen and oxygen atoms in total. The molecule has 2 N–H and O–H groups in total. The smallest absolute Gasteiger partial charge is 0.305 e. The number of benzene rings is 2. The van der Waals surface area contributed by atoms with Gasteiger partial charge in [0.1, 0.15) is 5.82 Å². The first-order chi connectivity index (χ1) is 15.3. The van der Waals surface area contributed by atoms with Crippen molar-refractivity contribution >= 4 is 24.9 Å². The first kappa shape index (κ1) is 24.2. The molecule has 8 heteroatoms. The number of carbonyl (C=O) groups is 1. The number of aromatic nitrogens is 1. The van der Waals surface area contributed by atoms with Gasteiger partial charge in [-0.2, -0.15) is 0 Å². The number of halogens is 1. The SMILES string of the molecule is CC(C)c1c(CCCO[PH](=O)CC(O)CC(=O)O)n(-c2ccc(F)cc2)c2ccccc12. The molecule has 0 fully saturated rings. The Bertz CT molecular complexity index is 1090. The molecule has 0 saturated heterocycles. The van der Waals surface area contributed by atoms with Crippen LogP contribution in [0.3, 0.4) is 0 Å². The van der Waals surface area contributed by atoms with E-state index in [9.17, 15) is 18.9 Å². The molecule has 0 saturated carbocycles. The van der Waals surface area contributed by atoms with Crippen LogP contribution in [0.2, 0.25) is 0 Å². The predicted octanol–water partition coefficient (Wildman–Crippen LogP) is 5.15. The number of nitrogens with zero attached hydrogens (tertiary/aromatic N) is 1. The Balaban J connectivity index is 1.80. The second-order valence-electron chi connectivity index (χ2n) is 8.12. The minimum absolute atomic E-state index is 0.163. The van der Waals surface area contributed by atoms with E-state index in [-0.39, 0.29) is 24.5 Å². The molecular formula is C24H29FNO5P. The summed E-state index contributed by atoms with van der Waals surface area (Å²) in [6.45, 7) is 4.51. The van der Waals surface area contributed by atoms with E-state index in [1.54, 1.807) is 12.1 Å². The summed E-state index contributed by atoms with van der Waals surface area (Å²) in [5.41, 5.74) is 4.23. The maximum Gasteiger partial charge on any atom is 0.305 e. The number of aliphatic carboxylic acids is 1. The molecule has 0 aliphatic heterocycles. The van der Waals surface area contributed by atoms with Gasteiger partial charge in [-0.05, 0) is 54.7 Å². The van der Waals surface area contributed by atoms with Crippen molar-refractivity contribution in [3.8, 4) is 5.69 Å². The molecule has 2 atom stereocenters. The Morgan fingerprint density at radius 2 is 1.84 bits per heavy atom. The Kier molecular flexibility index (Phi) is 8.24. The monoisotopic (exact) mass is 461 g/mol. The highest BCUT2D eigenvalue weighted by Gasteiger charge is 2.20. The van der Waals surface area contributed by atoms with Gasteiger partial charge in [0.15, 0.2) is 8.03 Å². The summed E-state index contributed by atoms with van der Waals surface area (Å²) in [4.78, 5) is 10.6. The summed E-state index contributed by atoms with van der Waals surface area (Å²) < 4.78 is 33.1. The van der Waals surface area contributed by atoms with Crippen LogP contribution in [-0.2, 0) is 20.3 Å². The summed E-state index contributed by atoms with van der Waals surface area (Å²) in [6.07, 6.45) is -0.526. The summed E-state index contributed by atoms with van der Waals surface area (Å²) in [5, 5.41) is 19.5. The number of rotatable bonds is 11. The number of carboxylic acid groups (broad SMARTS) is 1. The molecule has 0 radical (unpaired) electrons. The number of para-hydroxylation sites is 1. The molecule has 1 heterocycles. The average molecular weight is 461 g/mol. The van der Waals surface area contributed by atoms with Gasteiger partial charge in [-0.15, -0.1) is 0 Å². The zero-order valence-corrected chi connectivity index (χ0v) is 19.3. The zero-order chi connectivity index (χ0) is 23.3. The Labute approximate surface area is 187 Å². The molecule has 1 aromatic heterocycles. The normalized spacial score (nSPS) is 13.5. The van der Waals surface area contributed by atoms with Gasteiger partial charge < -0.3 is 19.3 Å². The van der Waals surface area contributed by atoms with Gasteiger partial charge in [0.2, 0.25) is 0 Å². The van der Waals surface area contributed by atoms with Crippen molar-refractivity contribution in [1.82, 2.24) is 4.57 Å². The third kappa shape index (κ3) is 5.85. The van der Waals surface area contributed by atoms with E-state index in [0.29, 0.717) is 12.8 Å². The minimum atomic E-state index is -2.52. The predicted molar refractivity (Wildman–Crippen MR) is 124 cm³/mol.